The second-order valence-electron chi connectivity index (χ2n) is 7.09. The van der Waals surface area contributed by atoms with Crippen LogP contribution in [0.1, 0.15) is 45.4 Å². The van der Waals surface area contributed by atoms with Crippen molar-refractivity contribution in [1.29, 1.82) is 0 Å². The lowest BCUT2D eigenvalue weighted by Gasteiger charge is -2.29. The first-order chi connectivity index (χ1) is 13.6. The molecule has 2 atom stereocenters. The number of thioether (sulfide) groups is 1. The first-order valence-corrected chi connectivity index (χ1v) is 11.2. The topological polar surface area (TPSA) is 69.0 Å². The zero-order valence-electron chi connectivity index (χ0n) is 16.4. The first kappa shape index (κ1) is 21.0. The van der Waals surface area contributed by atoms with Crippen LogP contribution in [0.2, 0.25) is 5.02 Å². The summed E-state index contributed by atoms with van der Waals surface area (Å²) in [4.78, 5) is 12.4. The van der Waals surface area contributed by atoms with Crippen LogP contribution < -0.4 is 10.1 Å². The number of nitrogens with one attached hydrogen (secondary N) is 1. The van der Waals surface area contributed by atoms with Crippen LogP contribution in [0.3, 0.4) is 0 Å². The average Bonchev–Trinajstić information content (AvgIpc) is 3.09. The molecule has 1 amide bonds. The van der Waals surface area contributed by atoms with Crippen LogP contribution in [0.25, 0.3) is 0 Å². The highest BCUT2D eigenvalue weighted by Gasteiger charge is 2.23. The molecule has 2 aromatic rings. The van der Waals surface area contributed by atoms with Gasteiger partial charge in [-0.25, -0.2) is 0 Å². The Labute approximate surface area is 175 Å². The monoisotopic (exact) mass is 422 g/mol. The second kappa shape index (κ2) is 10.2. The molecule has 3 rings (SSSR count). The molecule has 0 saturated heterocycles. The Morgan fingerprint density at radius 1 is 1.32 bits per heavy atom. The molecule has 28 heavy (non-hydrogen) atoms. The highest BCUT2D eigenvalue weighted by molar-refractivity contribution is 7.99. The van der Waals surface area contributed by atoms with Gasteiger partial charge >= 0.3 is 0 Å². The quantitative estimate of drug-likeness (QED) is 0.641. The molecule has 0 aliphatic heterocycles. The lowest BCUT2D eigenvalue weighted by atomic mass is 9.86. The van der Waals surface area contributed by atoms with Crippen LogP contribution in [-0.2, 0) is 17.9 Å². The van der Waals surface area contributed by atoms with Crippen molar-refractivity contribution in [3.8, 4) is 5.75 Å². The summed E-state index contributed by atoms with van der Waals surface area (Å²) in [5.41, 5.74) is 0. The Kier molecular flexibility index (Phi) is 7.62. The minimum Gasteiger partial charge on any atom is -0.484 e. The Morgan fingerprint density at radius 3 is 2.86 bits per heavy atom. The minimum atomic E-state index is 0.0586. The highest BCUT2D eigenvalue weighted by Crippen LogP contribution is 2.26. The van der Waals surface area contributed by atoms with E-state index >= 15 is 0 Å². The lowest BCUT2D eigenvalue weighted by molar-refractivity contribution is -0.119. The van der Waals surface area contributed by atoms with Crippen LogP contribution in [0.4, 0.5) is 0 Å². The largest absolute Gasteiger partial charge is 0.484 e. The molecular formula is C20H27ClN4O2S. The maximum absolute atomic E-state index is 12.4. The number of carbonyl (C=O) groups excluding carboxylic acids is 1. The summed E-state index contributed by atoms with van der Waals surface area (Å²) in [5.74, 6) is 2.28. The van der Waals surface area contributed by atoms with Crippen molar-refractivity contribution in [3.63, 3.8) is 0 Å². The summed E-state index contributed by atoms with van der Waals surface area (Å²) in [7, 11) is 0. The highest BCUT2D eigenvalue weighted by atomic mass is 35.5. The molecule has 1 heterocycles. The van der Waals surface area contributed by atoms with Gasteiger partial charge in [0.1, 0.15) is 12.4 Å². The van der Waals surface area contributed by atoms with E-state index in [4.69, 9.17) is 16.3 Å². The van der Waals surface area contributed by atoms with Crippen LogP contribution in [0.5, 0.6) is 5.75 Å². The van der Waals surface area contributed by atoms with Gasteiger partial charge in [0, 0.05) is 12.6 Å². The van der Waals surface area contributed by atoms with E-state index in [9.17, 15) is 4.79 Å². The normalized spacial score (nSPS) is 19.4. The number of ether oxygens (including phenoxy) is 1. The van der Waals surface area contributed by atoms with Gasteiger partial charge in [-0.2, -0.15) is 0 Å². The van der Waals surface area contributed by atoms with Gasteiger partial charge in [-0.1, -0.05) is 55.3 Å². The second-order valence-corrected chi connectivity index (χ2v) is 8.44. The van der Waals surface area contributed by atoms with E-state index in [1.807, 2.05) is 29.7 Å². The summed E-state index contributed by atoms with van der Waals surface area (Å²) < 4.78 is 7.74. The van der Waals surface area contributed by atoms with Gasteiger partial charge in [-0.05, 0) is 37.8 Å². The van der Waals surface area contributed by atoms with E-state index in [0.29, 0.717) is 40.9 Å². The number of halogens is 1. The molecule has 1 saturated carbocycles. The van der Waals surface area contributed by atoms with Crippen molar-refractivity contribution < 1.29 is 9.53 Å². The molecule has 0 radical (unpaired) electrons. The van der Waals surface area contributed by atoms with Gasteiger partial charge in [0.05, 0.1) is 10.8 Å². The number of hydrogen-bond acceptors (Lipinski definition) is 5. The molecule has 1 aromatic carbocycles. The van der Waals surface area contributed by atoms with Crippen molar-refractivity contribution in [2.24, 2.45) is 5.92 Å². The number of para-hydroxylation sites is 1. The maximum Gasteiger partial charge on any atom is 0.230 e. The molecule has 6 nitrogen and oxygen atoms in total. The molecule has 152 valence electrons. The predicted molar refractivity (Wildman–Crippen MR) is 112 cm³/mol. The number of amides is 1. The van der Waals surface area contributed by atoms with Crippen molar-refractivity contribution >= 4 is 29.3 Å². The molecule has 0 bridgehead atoms. The van der Waals surface area contributed by atoms with Gasteiger partial charge < -0.3 is 14.6 Å². The molecule has 1 fully saturated rings. The molecule has 1 N–H and O–H groups in total. The number of hydrogen-bond donors (Lipinski definition) is 1. The molecule has 1 aliphatic rings. The fourth-order valence-corrected chi connectivity index (χ4v) is 4.49. The molecule has 1 aliphatic carbocycles. The Morgan fingerprint density at radius 2 is 2.11 bits per heavy atom. The molecular weight excluding hydrogens is 396 g/mol. The fraction of sp³-hybridized carbons (Fsp3) is 0.550. The van der Waals surface area contributed by atoms with E-state index in [0.717, 1.165) is 11.6 Å². The summed E-state index contributed by atoms with van der Waals surface area (Å²) >= 11 is 7.54. The number of aromatic nitrogens is 3. The van der Waals surface area contributed by atoms with Gasteiger partial charge in [0.25, 0.3) is 0 Å². The third kappa shape index (κ3) is 5.41. The van der Waals surface area contributed by atoms with Crippen LogP contribution in [0.15, 0.2) is 29.4 Å². The van der Waals surface area contributed by atoms with Crippen LogP contribution >= 0.6 is 23.4 Å². The number of rotatable bonds is 8. The first-order valence-electron chi connectivity index (χ1n) is 9.80. The Hall–Kier alpha value is -1.73. The lowest BCUT2D eigenvalue weighted by Crippen LogP contribution is -2.41. The van der Waals surface area contributed by atoms with E-state index in [1.54, 1.807) is 6.07 Å². The predicted octanol–water partition coefficient (Wildman–Crippen LogP) is 4.32. The minimum absolute atomic E-state index is 0.0586. The Bertz CT molecular complexity index is 798. The number of benzene rings is 1. The van der Waals surface area contributed by atoms with Gasteiger partial charge in [0.15, 0.2) is 11.0 Å². The molecule has 8 heteroatoms. The maximum atomic E-state index is 12.4. The molecule has 0 unspecified atom stereocenters. The molecule has 0 spiro atoms. The number of nitrogens with zero attached hydrogens (tertiary/aromatic N) is 3. The average molecular weight is 423 g/mol. The number of carbonyl (C=O) groups is 1. The van der Waals surface area contributed by atoms with E-state index < -0.39 is 0 Å². The summed E-state index contributed by atoms with van der Waals surface area (Å²) in [5, 5.41) is 12.9. The van der Waals surface area contributed by atoms with E-state index in [-0.39, 0.29) is 12.5 Å². The van der Waals surface area contributed by atoms with Gasteiger partial charge in [-0.3, -0.25) is 4.79 Å². The van der Waals surface area contributed by atoms with E-state index in [1.165, 1.54) is 31.0 Å². The summed E-state index contributed by atoms with van der Waals surface area (Å²) in [6.07, 6.45) is 4.73. The smallest absolute Gasteiger partial charge is 0.230 e. The van der Waals surface area contributed by atoms with Crippen molar-refractivity contribution in [3.05, 3.63) is 35.1 Å². The van der Waals surface area contributed by atoms with Crippen LogP contribution in [-0.4, -0.2) is 32.5 Å². The zero-order chi connectivity index (χ0) is 19.9. The fourth-order valence-electron chi connectivity index (χ4n) is 3.46. The summed E-state index contributed by atoms with van der Waals surface area (Å²) in [6.45, 7) is 5.22. The van der Waals surface area contributed by atoms with Crippen molar-refractivity contribution in [1.82, 2.24) is 20.1 Å². The van der Waals surface area contributed by atoms with Crippen molar-refractivity contribution in [2.75, 3.05) is 5.75 Å². The summed E-state index contributed by atoms with van der Waals surface area (Å²) in [6, 6.07) is 7.64. The zero-order valence-corrected chi connectivity index (χ0v) is 17.9. The van der Waals surface area contributed by atoms with E-state index in [2.05, 4.69) is 22.4 Å². The third-order valence-corrected chi connectivity index (χ3v) is 6.37. The van der Waals surface area contributed by atoms with Crippen LogP contribution in [0, 0.1) is 5.92 Å². The SMILES string of the molecule is CCn1c(COc2ccccc2Cl)nnc1SCC(=O)N[C@@H]1CCCC[C@@H]1C. The van der Waals surface area contributed by atoms with Crippen molar-refractivity contribution in [2.45, 2.75) is 63.9 Å². The third-order valence-electron chi connectivity index (χ3n) is 5.09. The van der Waals surface area contributed by atoms with Gasteiger partial charge in [0.2, 0.25) is 5.91 Å². The van der Waals surface area contributed by atoms with Gasteiger partial charge in [-0.15, -0.1) is 10.2 Å². The molecule has 1 aromatic heterocycles. The Balaban J connectivity index is 1.54. The standard InChI is InChI=1S/C20H27ClN4O2S/c1-3-25-18(12-27-17-11-7-5-9-15(17)21)23-24-20(25)28-13-19(26)22-16-10-6-4-8-14(16)2/h5,7,9,11,14,16H,3-4,6,8,10,12-13H2,1-2H3,(H,22,26)/t14-,16+/m0/s1.